The second-order valence-electron chi connectivity index (χ2n) is 6.31. The molecule has 29 heavy (non-hydrogen) atoms. The fourth-order valence-electron chi connectivity index (χ4n) is 2.60. The number of rotatable bonds is 9. The standard InChI is InChI=1S/C22H22N2O3S2/c25-22(12-7-17-28-20-10-5-2-6-11-20)23-18-13-15-21(16-14-18)29(26,27)24-19-8-3-1-4-9-19/h1-6,8-11,13-16,24H,7,12,17H2,(H,23,25). The summed E-state index contributed by atoms with van der Waals surface area (Å²) in [6.07, 6.45) is 1.17. The highest BCUT2D eigenvalue weighted by molar-refractivity contribution is 7.99. The normalized spacial score (nSPS) is 11.0. The van der Waals surface area contributed by atoms with Gasteiger partial charge in [0.15, 0.2) is 0 Å². The largest absolute Gasteiger partial charge is 0.326 e. The zero-order chi connectivity index (χ0) is 20.5. The van der Waals surface area contributed by atoms with Gasteiger partial charge in [0.25, 0.3) is 10.0 Å². The Morgan fingerprint density at radius 2 is 1.41 bits per heavy atom. The Kier molecular flexibility index (Phi) is 7.32. The fourth-order valence-corrected chi connectivity index (χ4v) is 4.53. The molecule has 0 aliphatic rings. The van der Waals surface area contributed by atoms with Crippen molar-refractivity contribution in [2.75, 3.05) is 15.8 Å². The molecule has 0 saturated heterocycles. The first kappa shape index (κ1) is 21.0. The summed E-state index contributed by atoms with van der Waals surface area (Å²) in [4.78, 5) is 13.4. The molecule has 7 heteroatoms. The van der Waals surface area contributed by atoms with E-state index < -0.39 is 10.0 Å². The summed E-state index contributed by atoms with van der Waals surface area (Å²) in [5.74, 6) is 0.774. The number of nitrogens with one attached hydrogen (secondary N) is 2. The lowest BCUT2D eigenvalue weighted by Crippen LogP contribution is -2.14. The van der Waals surface area contributed by atoms with Crippen LogP contribution in [0.25, 0.3) is 0 Å². The summed E-state index contributed by atoms with van der Waals surface area (Å²) >= 11 is 1.72. The van der Waals surface area contributed by atoms with E-state index in [1.807, 2.05) is 36.4 Å². The number of sulfonamides is 1. The van der Waals surface area contributed by atoms with E-state index in [0.717, 1.165) is 12.2 Å². The van der Waals surface area contributed by atoms with E-state index >= 15 is 0 Å². The second-order valence-corrected chi connectivity index (χ2v) is 9.16. The molecular weight excluding hydrogens is 404 g/mol. The first-order valence-electron chi connectivity index (χ1n) is 9.18. The smallest absolute Gasteiger partial charge is 0.261 e. The van der Waals surface area contributed by atoms with E-state index in [1.54, 1.807) is 48.2 Å². The van der Waals surface area contributed by atoms with Gasteiger partial charge in [-0.25, -0.2) is 8.42 Å². The molecule has 0 heterocycles. The summed E-state index contributed by atoms with van der Waals surface area (Å²) in [6, 6.07) is 24.9. The molecular formula is C22H22N2O3S2. The maximum atomic E-state index is 12.4. The first-order chi connectivity index (χ1) is 14.0. The van der Waals surface area contributed by atoms with E-state index in [9.17, 15) is 13.2 Å². The van der Waals surface area contributed by atoms with Gasteiger partial charge in [-0.15, -0.1) is 11.8 Å². The van der Waals surface area contributed by atoms with E-state index in [2.05, 4.69) is 10.0 Å². The number of para-hydroxylation sites is 1. The summed E-state index contributed by atoms with van der Waals surface area (Å²) in [5, 5.41) is 2.81. The minimum Gasteiger partial charge on any atom is -0.326 e. The van der Waals surface area contributed by atoms with Gasteiger partial charge >= 0.3 is 0 Å². The van der Waals surface area contributed by atoms with E-state index in [4.69, 9.17) is 0 Å². The predicted octanol–water partition coefficient (Wildman–Crippen LogP) is 5.00. The van der Waals surface area contributed by atoms with Gasteiger partial charge in [0, 0.05) is 22.7 Å². The third-order valence-electron chi connectivity index (χ3n) is 4.03. The topological polar surface area (TPSA) is 75.3 Å². The van der Waals surface area contributed by atoms with Crippen LogP contribution in [-0.2, 0) is 14.8 Å². The lowest BCUT2D eigenvalue weighted by Gasteiger charge is -2.09. The van der Waals surface area contributed by atoms with Gasteiger partial charge in [-0.2, -0.15) is 0 Å². The SMILES string of the molecule is O=C(CCCSc1ccccc1)Nc1ccc(S(=O)(=O)Nc2ccccc2)cc1. The van der Waals surface area contributed by atoms with Crippen LogP contribution in [0, 0.1) is 0 Å². The van der Waals surface area contributed by atoms with Crippen molar-refractivity contribution in [3.05, 3.63) is 84.9 Å². The molecule has 0 saturated carbocycles. The van der Waals surface area contributed by atoms with Gasteiger partial charge in [-0.05, 0) is 60.7 Å². The van der Waals surface area contributed by atoms with Crippen molar-refractivity contribution in [2.45, 2.75) is 22.6 Å². The maximum absolute atomic E-state index is 12.4. The van der Waals surface area contributed by atoms with Crippen molar-refractivity contribution in [3.63, 3.8) is 0 Å². The lowest BCUT2D eigenvalue weighted by atomic mass is 10.3. The molecule has 0 aromatic heterocycles. The number of carbonyl (C=O) groups excluding carboxylic acids is 1. The Morgan fingerprint density at radius 1 is 0.793 bits per heavy atom. The van der Waals surface area contributed by atoms with E-state index in [1.165, 1.54) is 17.0 Å². The zero-order valence-corrected chi connectivity index (χ0v) is 17.4. The molecule has 0 aliphatic carbocycles. The van der Waals surface area contributed by atoms with Crippen molar-refractivity contribution in [1.82, 2.24) is 0 Å². The van der Waals surface area contributed by atoms with Crippen LogP contribution >= 0.6 is 11.8 Å². The average Bonchev–Trinajstić information content (AvgIpc) is 2.73. The highest BCUT2D eigenvalue weighted by Crippen LogP contribution is 2.20. The maximum Gasteiger partial charge on any atom is 0.261 e. The van der Waals surface area contributed by atoms with Gasteiger partial charge in [0.05, 0.1) is 4.90 Å². The van der Waals surface area contributed by atoms with Gasteiger partial charge < -0.3 is 5.32 Å². The third kappa shape index (κ3) is 6.66. The Bertz CT molecular complexity index is 1020. The first-order valence-corrected chi connectivity index (χ1v) is 11.7. The fraction of sp³-hybridized carbons (Fsp3) is 0.136. The molecule has 3 aromatic rings. The molecule has 2 N–H and O–H groups in total. The molecule has 0 unspecified atom stereocenters. The summed E-state index contributed by atoms with van der Waals surface area (Å²) in [6.45, 7) is 0. The van der Waals surface area contributed by atoms with Crippen LogP contribution in [0.4, 0.5) is 11.4 Å². The van der Waals surface area contributed by atoms with E-state index in [0.29, 0.717) is 17.8 Å². The van der Waals surface area contributed by atoms with Crippen LogP contribution in [-0.4, -0.2) is 20.1 Å². The van der Waals surface area contributed by atoms with Crippen molar-refractivity contribution < 1.29 is 13.2 Å². The minimum absolute atomic E-state index is 0.0864. The number of carbonyl (C=O) groups is 1. The van der Waals surface area contributed by atoms with Crippen LogP contribution in [0.1, 0.15) is 12.8 Å². The molecule has 3 rings (SSSR count). The number of hydrogen-bond donors (Lipinski definition) is 2. The Morgan fingerprint density at radius 3 is 2.07 bits per heavy atom. The molecule has 0 bridgehead atoms. The number of benzene rings is 3. The molecule has 150 valence electrons. The Labute approximate surface area is 175 Å². The van der Waals surface area contributed by atoms with Crippen molar-refractivity contribution in [3.8, 4) is 0 Å². The van der Waals surface area contributed by atoms with Crippen LogP contribution in [0.5, 0.6) is 0 Å². The third-order valence-corrected chi connectivity index (χ3v) is 6.53. The predicted molar refractivity (Wildman–Crippen MR) is 119 cm³/mol. The van der Waals surface area contributed by atoms with Gasteiger partial charge in [-0.3, -0.25) is 9.52 Å². The molecule has 0 fully saturated rings. The number of amides is 1. The number of anilines is 2. The summed E-state index contributed by atoms with van der Waals surface area (Å²) in [5.41, 5.74) is 1.07. The van der Waals surface area contributed by atoms with Gasteiger partial charge in [-0.1, -0.05) is 36.4 Å². The summed E-state index contributed by atoms with van der Waals surface area (Å²) in [7, 11) is -3.67. The molecule has 0 radical (unpaired) electrons. The molecule has 0 aliphatic heterocycles. The van der Waals surface area contributed by atoms with Crippen molar-refractivity contribution >= 4 is 39.1 Å². The van der Waals surface area contributed by atoms with Gasteiger partial charge in [0.1, 0.15) is 0 Å². The number of hydrogen-bond acceptors (Lipinski definition) is 4. The highest BCUT2D eigenvalue weighted by atomic mass is 32.2. The average molecular weight is 427 g/mol. The van der Waals surface area contributed by atoms with E-state index in [-0.39, 0.29) is 10.8 Å². The van der Waals surface area contributed by atoms with Crippen LogP contribution in [0.3, 0.4) is 0 Å². The van der Waals surface area contributed by atoms with Crippen LogP contribution in [0.15, 0.2) is 94.7 Å². The van der Waals surface area contributed by atoms with Crippen molar-refractivity contribution in [1.29, 1.82) is 0 Å². The molecule has 5 nitrogen and oxygen atoms in total. The Hall–Kier alpha value is -2.77. The van der Waals surface area contributed by atoms with Gasteiger partial charge in [0.2, 0.25) is 5.91 Å². The zero-order valence-electron chi connectivity index (χ0n) is 15.7. The lowest BCUT2D eigenvalue weighted by molar-refractivity contribution is -0.116. The highest BCUT2D eigenvalue weighted by Gasteiger charge is 2.14. The Balaban J connectivity index is 1.47. The van der Waals surface area contributed by atoms with Crippen LogP contribution in [0.2, 0.25) is 0 Å². The number of thioether (sulfide) groups is 1. The van der Waals surface area contributed by atoms with Crippen molar-refractivity contribution in [2.24, 2.45) is 0 Å². The molecule has 3 aromatic carbocycles. The minimum atomic E-state index is -3.67. The summed E-state index contributed by atoms with van der Waals surface area (Å²) < 4.78 is 27.4. The molecule has 0 atom stereocenters. The van der Waals surface area contributed by atoms with Crippen LogP contribution < -0.4 is 10.0 Å². The monoisotopic (exact) mass is 426 g/mol. The molecule has 1 amide bonds. The second kappa shape index (κ2) is 10.1. The quantitative estimate of drug-likeness (QED) is 0.373. The molecule has 0 spiro atoms.